The van der Waals surface area contributed by atoms with Crippen molar-refractivity contribution in [3.8, 4) is 0 Å². The average Bonchev–Trinajstić information content (AvgIpc) is 2.39. The molecule has 20 heavy (non-hydrogen) atoms. The third kappa shape index (κ3) is 3.84. The number of nitrogens with two attached hydrogens (primary N) is 1. The number of nitrogens with zero attached hydrogens (tertiary/aromatic N) is 1. The summed E-state index contributed by atoms with van der Waals surface area (Å²) in [6, 6.07) is 3.13. The van der Waals surface area contributed by atoms with E-state index >= 15 is 0 Å². The number of halogens is 1. The molecule has 0 aliphatic heterocycles. The summed E-state index contributed by atoms with van der Waals surface area (Å²) < 4.78 is 26.6. The van der Waals surface area contributed by atoms with Crippen LogP contribution >= 0.6 is 11.6 Å². The zero-order valence-corrected chi connectivity index (χ0v) is 13.1. The molecule has 1 aromatic carbocycles. The summed E-state index contributed by atoms with van der Waals surface area (Å²) in [5.74, 6) is -0.307. The lowest BCUT2D eigenvalue weighted by atomic mass is 10.3. The Hall–Kier alpha value is -1.31. The molecule has 1 unspecified atom stereocenters. The highest BCUT2D eigenvalue weighted by Crippen LogP contribution is 2.22. The topological polar surface area (TPSA) is 92.5 Å². The first-order valence-corrected chi connectivity index (χ1v) is 7.87. The molecule has 0 heterocycles. The minimum Gasteiger partial charge on any atom is -0.397 e. The minimum atomic E-state index is -3.82. The Morgan fingerprint density at radius 2 is 2.10 bits per heavy atom. The number of amides is 1. The van der Waals surface area contributed by atoms with Crippen LogP contribution in [0.4, 0.5) is 5.69 Å². The number of carbonyl (C=O) groups excluding carboxylic acids is 1. The molecule has 0 radical (unpaired) electrons. The molecule has 0 saturated heterocycles. The van der Waals surface area contributed by atoms with Gasteiger partial charge in [0.2, 0.25) is 15.9 Å². The molecule has 0 saturated carbocycles. The number of anilines is 1. The molecule has 0 bridgehead atoms. The molecule has 1 rings (SSSR count). The number of benzene rings is 1. The normalized spacial score (nSPS) is 13.0. The lowest BCUT2D eigenvalue weighted by molar-refractivity contribution is -0.131. The van der Waals surface area contributed by atoms with Crippen molar-refractivity contribution in [2.24, 2.45) is 0 Å². The fourth-order valence-corrected chi connectivity index (χ4v) is 2.88. The van der Waals surface area contributed by atoms with Gasteiger partial charge in [0.1, 0.15) is 0 Å². The number of rotatable bonds is 5. The van der Waals surface area contributed by atoms with Crippen LogP contribution in [0.25, 0.3) is 0 Å². The minimum absolute atomic E-state index is 0.0294. The maximum absolute atomic E-state index is 12.1. The van der Waals surface area contributed by atoms with Crippen molar-refractivity contribution in [1.82, 2.24) is 9.62 Å². The summed E-state index contributed by atoms with van der Waals surface area (Å²) >= 11 is 5.75. The van der Waals surface area contributed by atoms with E-state index in [9.17, 15) is 13.2 Å². The molecule has 1 aromatic rings. The summed E-state index contributed by atoms with van der Waals surface area (Å²) in [7, 11) is -2.22. The van der Waals surface area contributed by atoms with Crippen molar-refractivity contribution < 1.29 is 13.2 Å². The van der Waals surface area contributed by atoms with Gasteiger partial charge in [0.05, 0.1) is 21.6 Å². The van der Waals surface area contributed by atoms with Gasteiger partial charge in [0.15, 0.2) is 0 Å². The predicted molar refractivity (Wildman–Crippen MR) is 79.0 cm³/mol. The number of carbonyl (C=O) groups is 1. The molecule has 8 heteroatoms. The van der Waals surface area contributed by atoms with Gasteiger partial charge in [-0.05, 0) is 32.0 Å². The SMILES string of the molecule is CCN(C)C(=O)C(C)NS(=O)(=O)c1ccc(Cl)c(N)c1. The van der Waals surface area contributed by atoms with Crippen LogP contribution in [0.2, 0.25) is 5.02 Å². The first kappa shape index (κ1) is 16.7. The molecule has 0 aromatic heterocycles. The molecule has 3 N–H and O–H groups in total. The van der Waals surface area contributed by atoms with Gasteiger partial charge in [-0.15, -0.1) is 0 Å². The smallest absolute Gasteiger partial charge is 0.241 e. The Labute approximate surface area is 123 Å². The highest BCUT2D eigenvalue weighted by molar-refractivity contribution is 7.89. The van der Waals surface area contributed by atoms with Crippen molar-refractivity contribution in [1.29, 1.82) is 0 Å². The number of nitrogen functional groups attached to an aromatic ring is 1. The second-order valence-electron chi connectivity index (χ2n) is 4.38. The predicted octanol–water partition coefficient (Wildman–Crippen LogP) is 1.07. The molecule has 0 aliphatic rings. The van der Waals surface area contributed by atoms with Gasteiger partial charge in [-0.2, -0.15) is 4.72 Å². The fraction of sp³-hybridized carbons (Fsp3) is 0.417. The third-order valence-electron chi connectivity index (χ3n) is 2.83. The van der Waals surface area contributed by atoms with Crippen LogP contribution in [-0.4, -0.2) is 38.9 Å². The second kappa shape index (κ2) is 6.43. The maximum atomic E-state index is 12.1. The van der Waals surface area contributed by atoms with Gasteiger partial charge in [0, 0.05) is 13.6 Å². The van der Waals surface area contributed by atoms with Crippen molar-refractivity contribution in [2.75, 3.05) is 19.3 Å². The Morgan fingerprint density at radius 1 is 1.50 bits per heavy atom. The van der Waals surface area contributed by atoms with Crippen molar-refractivity contribution in [3.63, 3.8) is 0 Å². The van der Waals surface area contributed by atoms with Crippen LogP contribution in [0.3, 0.4) is 0 Å². The van der Waals surface area contributed by atoms with Crippen LogP contribution in [0.15, 0.2) is 23.1 Å². The van der Waals surface area contributed by atoms with Gasteiger partial charge in [0.25, 0.3) is 0 Å². The molecule has 0 fully saturated rings. The third-order valence-corrected chi connectivity index (χ3v) is 4.71. The van der Waals surface area contributed by atoms with E-state index in [1.807, 2.05) is 0 Å². The molecular formula is C12H18ClN3O3S. The van der Waals surface area contributed by atoms with E-state index in [0.717, 1.165) is 0 Å². The Kier molecular flexibility index (Phi) is 5.38. The zero-order chi connectivity index (χ0) is 15.5. The van der Waals surface area contributed by atoms with Gasteiger partial charge < -0.3 is 10.6 Å². The molecule has 0 spiro atoms. The van der Waals surface area contributed by atoms with Crippen LogP contribution in [0.5, 0.6) is 0 Å². The van der Waals surface area contributed by atoms with E-state index < -0.39 is 16.1 Å². The largest absolute Gasteiger partial charge is 0.397 e. The molecule has 1 atom stereocenters. The Balaban J connectivity index is 2.95. The highest BCUT2D eigenvalue weighted by atomic mass is 35.5. The molecule has 6 nitrogen and oxygen atoms in total. The summed E-state index contributed by atoms with van der Waals surface area (Å²) in [4.78, 5) is 13.3. The Bertz CT molecular complexity index is 604. The standard InChI is InChI=1S/C12H18ClN3O3S/c1-4-16(3)12(17)8(2)15-20(18,19)9-5-6-10(13)11(14)7-9/h5-8,15H,4,14H2,1-3H3. The molecule has 0 aliphatic carbocycles. The first-order chi connectivity index (χ1) is 9.19. The number of sulfonamides is 1. The van der Waals surface area contributed by atoms with Crippen LogP contribution < -0.4 is 10.5 Å². The number of nitrogens with one attached hydrogen (secondary N) is 1. The molecule has 112 valence electrons. The molecule has 1 amide bonds. The van der Waals surface area contributed by atoms with E-state index in [1.54, 1.807) is 14.0 Å². The van der Waals surface area contributed by atoms with Crippen molar-refractivity contribution >= 4 is 33.2 Å². The first-order valence-electron chi connectivity index (χ1n) is 6.01. The lowest BCUT2D eigenvalue weighted by Gasteiger charge is -2.20. The zero-order valence-electron chi connectivity index (χ0n) is 11.6. The van der Waals surface area contributed by atoms with Gasteiger partial charge >= 0.3 is 0 Å². The van der Waals surface area contributed by atoms with E-state index in [0.29, 0.717) is 6.54 Å². The number of hydrogen-bond donors (Lipinski definition) is 2. The number of likely N-dealkylation sites (N-methyl/N-ethyl adjacent to an activating group) is 1. The van der Waals surface area contributed by atoms with Crippen LogP contribution in [0, 0.1) is 0 Å². The number of hydrogen-bond acceptors (Lipinski definition) is 4. The van der Waals surface area contributed by atoms with E-state index in [4.69, 9.17) is 17.3 Å². The van der Waals surface area contributed by atoms with Crippen molar-refractivity contribution in [2.45, 2.75) is 24.8 Å². The maximum Gasteiger partial charge on any atom is 0.241 e. The quantitative estimate of drug-likeness (QED) is 0.794. The van der Waals surface area contributed by atoms with Crippen LogP contribution in [0.1, 0.15) is 13.8 Å². The highest BCUT2D eigenvalue weighted by Gasteiger charge is 2.24. The summed E-state index contributed by atoms with van der Waals surface area (Å²) in [5.41, 5.74) is 5.74. The monoisotopic (exact) mass is 319 g/mol. The van der Waals surface area contributed by atoms with Gasteiger partial charge in [-0.25, -0.2) is 8.42 Å². The van der Waals surface area contributed by atoms with E-state index in [2.05, 4.69) is 4.72 Å². The summed E-state index contributed by atoms with van der Waals surface area (Å²) in [5, 5.41) is 0.277. The average molecular weight is 320 g/mol. The summed E-state index contributed by atoms with van der Waals surface area (Å²) in [6.45, 7) is 3.79. The van der Waals surface area contributed by atoms with Gasteiger partial charge in [-0.1, -0.05) is 11.6 Å². The fourth-order valence-electron chi connectivity index (χ4n) is 1.53. The Morgan fingerprint density at radius 3 is 2.60 bits per heavy atom. The van der Waals surface area contributed by atoms with Crippen LogP contribution in [-0.2, 0) is 14.8 Å². The lowest BCUT2D eigenvalue weighted by Crippen LogP contribution is -2.45. The van der Waals surface area contributed by atoms with Crippen molar-refractivity contribution in [3.05, 3.63) is 23.2 Å². The van der Waals surface area contributed by atoms with E-state index in [1.165, 1.54) is 30.0 Å². The van der Waals surface area contributed by atoms with Gasteiger partial charge in [-0.3, -0.25) is 4.79 Å². The van der Waals surface area contributed by atoms with E-state index in [-0.39, 0.29) is 21.5 Å². The summed E-state index contributed by atoms with van der Waals surface area (Å²) in [6.07, 6.45) is 0. The molecular weight excluding hydrogens is 302 g/mol. The second-order valence-corrected chi connectivity index (χ2v) is 6.50.